The molecular weight excluding hydrogens is 522 g/mol. The summed E-state index contributed by atoms with van der Waals surface area (Å²) in [6.07, 6.45) is 31.1. The maximum Gasteiger partial charge on any atom is 0.500 e. The normalized spacial score (nSPS) is 12.4. The molecule has 0 N–H and O–H groups in total. The first kappa shape index (κ1) is 41.1. The molecule has 0 saturated heterocycles. The lowest BCUT2D eigenvalue weighted by atomic mass is 10.0. The molecule has 0 rings (SSSR count). The molecule has 0 amide bonds. The summed E-state index contributed by atoms with van der Waals surface area (Å²) < 4.78 is 19.4. The monoisotopic (exact) mass is 601 g/mol. The average Bonchev–Trinajstić information content (AvgIpc) is 2.97. The highest BCUT2D eigenvalue weighted by Crippen LogP contribution is 2.21. The molecule has 0 aromatic heterocycles. The molecule has 0 aromatic rings. The number of rotatable bonds is 34. The van der Waals surface area contributed by atoms with Gasteiger partial charge in [0.15, 0.2) is 0 Å². The van der Waals surface area contributed by atoms with Crippen molar-refractivity contribution < 1.29 is 17.8 Å². The first-order chi connectivity index (χ1) is 20.1. The Kier molecular flexibility index (Phi) is 30.1. The second kappa shape index (κ2) is 30.1. The van der Waals surface area contributed by atoms with Crippen molar-refractivity contribution >= 4 is 8.80 Å². The van der Waals surface area contributed by atoms with E-state index in [1.807, 2.05) is 20.8 Å². The minimum atomic E-state index is -2.45. The van der Waals surface area contributed by atoms with E-state index in [9.17, 15) is 0 Å². The molecule has 0 unspecified atom stereocenters. The van der Waals surface area contributed by atoms with Crippen LogP contribution in [0.5, 0.6) is 0 Å². The van der Waals surface area contributed by atoms with E-state index < -0.39 is 8.80 Å². The summed E-state index contributed by atoms with van der Waals surface area (Å²) >= 11 is 0. The fourth-order valence-corrected chi connectivity index (χ4v) is 9.15. The van der Waals surface area contributed by atoms with Crippen LogP contribution < -0.4 is 0 Å². The van der Waals surface area contributed by atoms with Crippen LogP contribution in [0.2, 0.25) is 6.04 Å². The molecule has 41 heavy (non-hydrogen) atoms. The molecule has 0 saturated carbocycles. The molecule has 0 spiro atoms. The van der Waals surface area contributed by atoms with E-state index >= 15 is 0 Å². The van der Waals surface area contributed by atoms with E-state index in [0.29, 0.717) is 19.8 Å². The van der Waals surface area contributed by atoms with E-state index in [-0.39, 0.29) is 0 Å². The molecule has 0 aliphatic heterocycles. The molecule has 0 atom stereocenters. The summed E-state index contributed by atoms with van der Waals surface area (Å²) in [5.74, 6) is 0. The predicted molar refractivity (Wildman–Crippen MR) is 184 cm³/mol. The maximum atomic E-state index is 6.01. The third-order valence-corrected chi connectivity index (χ3v) is 12.4. The highest BCUT2D eigenvalue weighted by molar-refractivity contribution is 6.60. The molecular formula is C36H78NO3Si+. The van der Waals surface area contributed by atoms with Gasteiger partial charge in [0.2, 0.25) is 0 Å². The zero-order valence-electron chi connectivity index (χ0n) is 29.4. The Morgan fingerprint density at radius 1 is 0.366 bits per heavy atom. The zero-order chi connectivity index (χ0) is 30.3. The second-order valence-electron chi connectivity index (χ2n) is 12.6. The molecule has 0 heterocycles. The molecule has 0 aliphatic rings. The van der Waals surface area contributed by atoms with Gasteiger partial charge in [-0.25, -0.2) is 0 Å². The lowest BCUT2D eigenvalue weighted by molar-refractivity contribution is -0.925. The number of unbranched alkanes of at least 4 members (excludes halogenated alkanes) is 20. The van der Waals surface area contributed by atoms with E-state index in [1.54, 1.807) is 0 Å². The van der Waals surface area contributed by atoms with Crippen LogP contribution in [0.3, 0.4) is 0 Å². The largest absolute Gasteiger partial charge is 0.500 e. The summed E-state index contributed by atoms with van der Waals surface area (Å²) in [5, 5.41) is 0. The maximum absolute atomic E-state index is 6.01. The average molecular weight is 601 g/mol. The Hall–Kier alpha value is 0.0569. The van der Waals surface area contributed by atoms with Gasteiger partial charge in [-0.1, -0.05) is 116 Å². The van der Waals surface area contributed by atoms with Crippen LogP contribution in [0.25, 0.3) is 0 Å². The van der Waals surface area contributed by atoms with Gasteiger partial charge in [-0.2, -0.15) is 0 Å². The smallest absolute Gasteiger partial charge is 0.374 e. The predicted octanol–water partition coefficient (Wildman–Crippen LogP) is 11.5. The van der Waals surface area contributed by atoms with E-state index in [0.717, 1.165) is 12.5 Å². The number of nitrogens with zero attached hydrogens (tertiary/aromatic N) is 1. The fourth-order valence-electron chi connectivity index (χ4n) is 6.46. The van der Waals surface area contributed by atoms with Crippen molar-refractivity contribution in [3.8, 4) is 0 Å². The number of hydrogen-bond donors (Lipinski definition) is 0. The Morgan fingerprint density at radius 3 is 0.951 bits per heavy atom. The van der Waals surface area contributed by atoms with Crippen LogP contribution in [0.4, 0.5) is 0 Å². The molecule has 0 radical (unpaired) electrons. The SMILES string of the molecule is CCCCCCCCCCCCCCCCCC[N+](CC)(CC)CCCCCCCC[Si](OCC)(OCC)OCC. The second-order valence-corrected chi connectivity index (χ2v) is 15.3. The van der Waals surface area contributed by atoms with E-state index in [1.165, 1.54) is 165 Å². The number of quaternary nitrogens is 1. The summed E-state index contributed by atoms with van der Waals surface area (Å²) in [4.78, 5) is 0. The van der Waals surface area contributed by atoms with Gasteiger partial charge < -0.3 is 17.8 Å². The lowest BCUT2D eigenvalue weighted by Crippen LogP contribution is -2.49. The highest BCUT2D eigenvalue weighted by atomic mass is 28.4. The van der Waals surface area contributed by atoms with Crippen molar-refractivity contribution in [2.45, 2.75) is 189 Å². The van der Waals surface area contributed by atoms with Crippen molar-refractivity contribution in [1.29, 1.82) is 0 Å². The summed E-state index contributed by atoms with van der Waals surface area (Å²) in [6.45, 7) is 20.7. The zero-order valence-corrected chi connectivity index (χ0v) is 30.4. The number of hydrogen-bond acceptors (Lipinski definition) is 3. The topological polar surface area (TPSA) is 27.7 Å². The van der Waals surface area contributed by atoms with Gasteiger partial charge in [-0.15, -0.1) is 0 Å². The van der Waals surface area contributed by atoms with Crippen LogP contribution in [0, 0.1) is 0 Å². The summed E-state index contributed by atoms with van der Waals surface area (Å²) in [6, 6.07) is 0.966. The van der Waals surface area contributed by atoms with Crippen LogP contribution in [0.15, 0.2) is 0 Å². The van der Waals surface area contributed by atoms with Crippen molar-refractivity contribution in [3.63, 3.8) is 0 Å². The van der Waals surface area contributed by atoms with Gasteiger partial charge in [0.05, 0.1) is 26.2 Å². The van der Waals surface area contributed by atoms with Gasteiger partial charge in [-0.3, -0.25) is 0 Å². The van der Waals surface area contributed by atoms with Gasteiger partial charge >= 0.3 is 8.80 Å². The minimum absolute atomic E-state index is 0.681. The Morgan fingerprint density at radius 2 is 0.659 bits per heavy atom. The summed E-state index contributed by atoms with van der Waals surface area (Å²) in [7, 11) is -2.45. The van der Waals surface area contributed by atoms with Gasteiger partial charge in [0, 0.05) is 25.9 Å². The van der Waals surface area contributed by atoms with Crippen molar-refractivity contribution in [2.24, 2.45) is 0 Å². The van der Waals surface area contributed by atoms with E-state index in [4.69, 9.17) is 13.3 Å². The molecule has 0 fully saturated rings. The highest BCUT2D eigenvalue weighted by Gasteiger charge is 2.39. The Balaban J connectivity index is 3.82. The van der Waals surface area contributed by atoms with Crippen LogP contribution in [0.1, 0.15) is 183 Å². The molecule has 0 bridgehead atoms. The standard InChI is InChI=1S/C36H78NO3Si/c1-7-13-14-15-16-17-18-19-20-21-22-23-24-25-28-31-34-37(8-2,9-3)35-32-29-26-27-30-33-36-41(38-10-4,39-11-5)40-12-6/h7-36H2,1-6H3/q+1. The van der Waals surface area contributed by atoms with Crippen LogP contribution in [-0.2, 0) is 13.3 Å². The third kappa shape index (κ3) is 23.2. The van der Waals surface area contributed by atoms with Crippen molar-refractivity contribution in [2.75, 3.05) is 46.0 Å². The van der Waals surface area contributed by atoms with Crippen LogP contribution in [-0.4, -0.2) is 59.3 Å². The Labute approximate surface area is 261 Å². The van der Waals surface area contributed by atoms with Gasteiger partial charge in [0.25, 0.3) is 0 Å². The third-order valence-electron chi connectivity index (χ3n) is 9.29. The molecule has 4 nitrogen and oxygen atoms in total. The molecule has 248 valence electrons. The van der Waals surface area contributed by atoms with Crippen molar-refractivity contribution in [3.05, 3.63) is 0 Å². The van der Waals surface area contributed by atoms with Crippen LogP contribution >= 0.6 is 0 Å². The molecule has 0 aromatic carbocycles. The van der Waals surface area contributed by atoms with E-state index in [2.05, 4.69) is 20.8 Å². The lowest BCUT2D eigenvalue weighted by Gasteiger charge is -2.37. The van der Waals surface area contributed by atoms with Gasteiger partial charge in [0.1, 0.15) is 0 Å². The quantitative estimate of drug-likeness (QED) is 0.0418. The Bertz CT molecular complexity index is 498. The first-order valence-electron chi connectivity index (χ1n) is 18.8. The minimum Gasteiger partial charge on any atom is -0.374 e. The summed E-state index contributed by atoms with van der Waals surface area (Å²) in [5.41, 5.74) is 0. The fraction of sp³-hybridized carbons (Fsp3) is 1.00. The van der Waals surface area contributed by atoms with Crippen molar-refractivity contribution in [1.82, 2.24) is 0 Å². The molecule has 5 heteroatoms. The van der Waals surface area contributed by atoms with Gasteiger partial charge in [-0.05, 0) is 66.7 Å². The first-order valence-corrected chi connectivity index (χ1v) is 20.8. The molecule has 0 aliphatic carbocycles.